The van der Waals surface area contributed by atoms with Crippen LogP contribution in [0, 0.1) is 0 Å². The van der Waals surface area contributed by atoms with Gasteiger partial charge in [-0.3, -0.25) is 4.79 Å². The average molecular weight is 219 g/mol. The molecule has 0 saturated carbocycles. The Kier molecular flexibility index (Phi) is 2.70. The molecule has 1 aliphatic heterocycles. The molecule has 0 amide bonds. The number of Topliss-reactive ketones (excluding diaryl/α,β-unsaturated/α-hetero) is 1. The Hall–Kier alpha value is -1.38. The van der Waals surface area contributed by atoms with Gasteiger partial charge in [0.25, 0.3) is 0 Å². The lowest BCUT2D eigenvalue weighted by Gasteiger charge is -2.18. The number of carbonyl (C=O) groups excluding carboxylic acids is 1. The van der Waals surface area contributed by atoms with Crippen molar-refractivity contribution in [3.8, 4) is 5.75 Å². The molecule has 0 unspecified atom stereocenters. The number of pyridine rings is 1. The first-order chi connectivity index (χ1) is 7.48. The molecule has 86 valence electrons. The van der Waals surface area contributed by atoms with Crippen LogP contribution >= 0.6 is 0 Å². The maximum atomic E-state index is 11.8. The first-order valence-corrected chi connectivity index (χ1v) is 5.66. The normalized spacial score (nSPS) is 16.3. The highest BCUT2D eigenvalue weighted by atomic mass is 16.5. The molecular formula is C13H17NO2. The third kappa shape index (κ3) is 2.08. The molecule has 0 aromatic carbocycles. The quantitative estimate of drug-likeness (QED) is 0.673. The van der Waals surface area contributed by atoms with Gasteiger partial charge in [-0.15, -0.1) is 0 Å². The van der Waals surface area contributed by atoms with Crippen LogP contribution in [0.2, 0.25) is 0 Å². The first-order valence-electron chi connectivity index (χ1n) is 5.66. The number of hydrogen-bond donors (Lipinski definition) is 0. The maximum absolute atomic E-state index is 11.8. The van der Waals surface area contributed by atoms with Crippen LogP contribution in [0.4, 0.5) is 0 Å². The summed E-state index contributed by atoms with van der Waals surface area (Å²) >= 11 is 0. The third-order valence-corrected chi connectivity index (χ3v) is 2.70. The summed E-state index contributed by atoms with van der Waals surface area (Å²) in [4.78, 5) is 16.3. The third-order valence-electron chi connectivity index (χ3n) is 2.70. The molecule has 2 heterocycles. The van der Waals surface area contributed by atoms with E-state index in [1.807, 2.05) is 12.1 Å². The largest absolute Gasteiger partial charge is 0.491 e. The smallest absolute Gasteiger partial charge is 0.185 e. The van der Waals surface area contributed by atoms with Crippen LogP contribution in [0.25, 0.3) is 0 Å². The minimum absolute atomic E-state index is 0.0401. The zero-order valence-corrected chi connectivity index (χ0v) is 10.0. The van der Waals surface area contributed by atoms with Crippen molar-refractivity contribution in [2.24, 2.45) is 0 Å². The van der Waals surface area contributed by atoms with E-state index in [9.17, 15) is 4.79 Å². The average Bonchev–Trinajstić information content (AvgIpc) is 2.39. The monoisotopic (exact) mass is 219 g/mol. The molecule has 0 radical (unpaired) electrons. The van der Waals surface area contributed by atoms with E-state index in [1.54, 1.807) is 0 Å². The van der Waals surface area contributed by atoms with Crippen LogP contribution in [0.3, 0.4) is 0 Å². The zero-order chi connectivity index (χ0) is 11.8. The van der Waals surface area contributed by atoms with Crippen molar-refractivity contribution in [3.05, 3.63) is 23.5 Å². The highest BCUT2D eigenvalue weighted by molar-refractivity contribution is 5.97. The van der Waals surface area contributed by atoms with Gasteiger partial charge in [-0.2, -0.15) is 0 Å². The van der Waals surface area contributed by atoms with Gasteiger partial charge >= 0.3 is 0 Å². The molecule has 0 bridgehead atoms. The van der Waals surface area contributed by atoms with E-state index in [0.717, 1.165) is 12.1 Å². The summed E-state index contributed by atoms with van der Waals surface area (Å²) in [6.07, 6.45) is 1.31. The number of aromatic nitrogens is 1. The van der Waals surface area contributed by atoms with Crippen LogP contribution in [0.1, 0.15) is 49.8 Å². The van der Waals surface area contributed by atoms with Gasteiger partial charge in [-0.25, -0.2) is 4.98 Å². The fourth-order valence-corrected chi connectivity index (χ4v) is 1.71. The zero-order valence-electron chi connectivity index (χ0n) is 10.0. The summed E-state index contributed by atoms with van der Waals surface area (Å²) in [5, 5.41) is 0. The number of carbonyl (C=O) groups is 1. The molecule has 1 aromatic rings. The molecule has 1 aliphatic rings. The maximum Gasteiger partial charge on any atom is 0.185 e. The second kappa shape index (κ2) is 3.89. The van der Waals surface area contributed by atoms with Gasteiger partial charge in [-0.05, 0) is 18.6 Å². The predicted octanol–water partition coefficient (Wildman–Crippen LogP) is 2.73. The summed E-state index contributed by atoms with van der Waals surface area (Å²) < 4.78 is 5.50. The highest BCUT2D eigenvalue weighted by Gasteiger charge is 2.22. The summed E-state index contributed by atoms with van der Waals surface area (Å²) in [6.45, 7) is 6.87. The van der Waals surface area contributed by atoms with Gasteiger partial charge in [0.05, 0.1) is 6.61 Å². The Bertz CT molecular complexity index is 418. The summed E-state index contributed by atoms with van der Waals surface area (Å²) in [5.41, 5.74) is 1.40. The number of rotatable bonds is 0. The molecular weight excluding hydrogens is 202 g/mol. The lowest BCUT2D eigenvalue weighted by Crippen LogP contribution is -2.16. The molecule has 16 heavy (non-hydrogen) atoms. The highest BCUT2D eigenvalue weighted by Crippen LogP contribution is 2.27. The summed E-state index contributed by atoms with van der Waals surface area (Å²) in [6, 6.07) is 3.81. The predicted molar refractivity (Wildman–Crippen MR) is 62.0 cm³/mol. The number of hydrogen-bond acceptors (Lipinski definition) is 3. The Balaban J connectivity index is 2.47. The van der Waals surface area contributed by atoms with E-state index in [0.29, 0.717) is 24.5 Å². The summed E-state index contributed by atoms with van der Waals surface area (Å²) in [7, 11) is 0. The topological polar surface area (TPSA) is 39.2 Å². The van der Waals surface area contributed by atoms with E-state index < -0.39 is 0 Å². The van der Waals surface area contributed by atoms with E-state index in [-0.39, 0.29) is 11.2 Å². The molecule has 0 N–H and O–H groups in total. The second-order valence-electron chi connectivity index (χ2n) is 5.17. The van der Waals surface area contributed by atoms with Gasteiger partial charge in [0.15, 0.2) is 5.78 Å². The lowest BCUT2D eigenvalue weighted by molar-refractivity contribution is 0.0978. The van der Waals surface area contributed by atoms with Gasteiger partial charge in [0, 0.05) is 17.5 Å². The number of fused-ring (bicyclic) bond motifs is 1. The minimum atomic E-state index is -0.0401. The van der Waals surface area contributed by atoms with E-state index in [2.05, 4.69) is 25.8 Å². The Labute approximate surface area is 95.8 Å². The van der Waals surface area contributed by atoms with Crippen molar-refractivity contribution >= 4 is 5.78 Å². The lowest BCUT2D eigenvalue weighted by atomic mass is 9.91. The van der Waals surface area contributed by atoms with Crippen molar-refractivity contribution in [3.63, 3.8) is 0 Å². The molecule has 0 saturated heterocycles. The second-order valence-corrected chi connectivity index (χ2v) is 5.17. The molecule has 1 aromatic heterocycles. The SMILES string of the molecule is CC(C)(C)c1ccc2c(n1)C(=O)CCCO2. The number of ketones is 1. The standard InChI is InChI=1S/C13H17NO2/c1-13(2,3)11-7-6-10-12(14-11)9(15)5-4-8-16-10/h6-7H,4-5,8H2,1-3H3. The Morgan fingerprint density at radius 3 is 2.75 bits per heavy atom. The van der Waals surface area contributed by atoms with Crippen LogP contribution in [-0.4, -0.2) is 17.4 Å². The van der Waals surface area contributed by atoms with Crippen molar-refractivity contribution in [2.45, 2.75) is 39.0 Å². The van der Waals surface area contributed by atoms with Gasteiger partial charge in [-0.1, -0.05) is 20.8 Å². The molecule has 3 nitrogen and oxygen atoms in total. The fourth-order valence-electron chi connectivity index (χ4n) is 1.71. The van der Waals surface area contributed by atoms with Crippen LogP contribution in [-0.2, 0) is 5.41 Å². The Morgan fingerprint density at radius 2 is 2.06 bits per heavy atom. The van der Waals surface area contributed by atoms with Crippen molar-refractivity contribution < 1.29 is 9.53 Å². The first kappa shape index (κ1) is 11.1. The van der Waals surface area contributed by atoms with E-state index in [1.165, 1.54) is 0 Å². The van der Waals surface area contributed by atoms with Gasteiger partial charge < -0.3 is 4.74 Å². The minimum Gasteiger partial charge on any atom is -0.491 e. The molecule has 2 rings (SSSR count). The van der Waals surface area contributed by atoms with Gasteiger partial charge in [0.2, 0.25) is 0 Å². The van der Waals surface area contributed by atoms with E-state index >= 15 is 0 Å². The molecule has 0 atom stereocenters. The summed E-state index contributed by atoms with van der Waals surface area (Å²) in [5.74, 6) is 0.731. The van der Waals surface area contributed by atoms with Crippen LogP contribution < -0.4 is 4.74 Å². The number of nitrogens with zero attached hydrogens (tertiary/aromatic N) is 1. The fraction of sp³-hybridized carbons (Fsp3) is 0.538. The van der Waals surface area contributed by atoms with Gasteiger partial charge in [0.1, 0.15) is 11.4 Å². The van der Waals surface area contributed by atoms with E-state index in [4.69, 9.17) is 4.74 Å². The van der Waals surface area contributed by atoms with Crippen molar-refractivity contribution in [1.82, 2.24) is 4.98 Å². The molecule has 0 aliphatic carbocycles. The number of ether oxygens (including phenoxy) is 1. The van der Waals surface area contributed by atoms with Crippen LogP contribution in [0.15, 0.2) is 12.1 Å². The molecule has 0 spiro atoms. The van der Waals surface area contributed by atoms with Crippen molar-refractivity contribution in [2.75, 3.05) is 6.61 Å². The Morgan fingerprint density at radius 1 is 1.31 bits per heavy atom. The van der Waals surface area contributed by atoms with Crippen LogP contribution in [0.5, 0.6) is 5.75 Å². The molecule has 3 heteroatoms. The van der Waals surface area contributed by atoms with Crippen molar-refractivity contribution in [1.29, 1.82) is 0 Å². The molecule has 0 fully saturated rings.